The summed E-state index contributed by atoms with van der Waals surface area (Å²) in [6.07, 6.45) is -0.0664. The molecule has 0 aliphatic rings. The lowest BCUT2D eigenvalue weighted by atomic mass is 10.0. The van der Waals surface area contributed by atoms with E-state index in [-0.39, 0.29) is 18.9 Å². The maximum atomic E-state index is 13.0. The Bertz CT molecular complexity index is 900. The fraction of sp³-hybridized carbons (Fsp3) is 0.286. The van der Waals surface area contributed by atoms with Crippen molar-refractivity contribution in [1.82, 2.24) is 5.32 Å². The fourth-order valence-electron chi connectivity index (χ4n) is 2.80. The first-order valence-electron chi connectivity index (χ1n) is 9.01. The molecule has 0 aromatic heterocycles. The first-order chi connectivity index (χ1) is 13.9. The molecule has 0 bridgehead atoms. The number of hydrogen-bond acceptors (Lipinski definition) is 6. The second-order valence-electron chi connectivity index (χ2n) is 6.09. The number of methoxy groups -OCH3 is 1. The van der Waals surface area contributed by atoms with Crippen LogP contribution in [0.3, 0.4) is 0 Å². The maximum absolute atomic E-state index is 13.0. The summed E-state index contributed by atoms with van der Waals surface area (Å²) in [7, 11) is 3.03. The zero-order valence-electron chi connectivity index (χ0n) is 16.5. The van der Waals surface area contributed by atoms with Gasteiger partial charge in [-0.2, -0.15) is 0 Å². The van der Waals surface area contributed by atoms with Gasteiger partial charge in [-0.05, 0) is 65.4 Å². The smallest absolute Gasteiger partial charge is 0.337 e. The van der Waals surface area contributed by atoms with E-state index in [1.54, 1.807) is 44.3 Å². The Morgan fingerprint density at radius 1 is 1.14 bits per heavy atom. The molecule has 0 radical (unpaired) electrons. The van der Waals surface area contributed by atoms with Gasteiger partial charge in [-0.25, -0.2) is 4.79 Å². The van der Waals surface area contributed by atoms with Crippen LogP contribution in [0.4, 0.5) is 5.69 Å². The zero-order chi connectivity index (χ0) is 21.4. The van der Waals surface area contributed by atoms with Crippen molar-refractivity contribution in [3.05, 3.63) is 62.7 Å². The summed E-state index contributed by atoms with van der Waals surface area (Å²) in [4.78, 5) is 37.0. The van der Waals surface area contributed by atoms with Crippen LogP contribution in [0.5, 0.6) is 0 Å². The summed E-state index contributed by atoms with van der Waals surface area (Å²) in [6.45, 7) is 1.96. The zero-order valence-corrected chi connectivity index (χ0v) is 18.6. The normalized spacial score (nSPS) is 11.3. The molecule has 0 aliphatic carbocycles. The SMILES string of the molecule is CCOC(=O)CC(NC(=O)c1cc(I)ccc1NC)c1cccc(C(=O)OC)c1. The summed E-state index contributed by atoms with van der Waals surface area (Å²) >= 11 is 2.13. The highest BCUT2D eigenvalue weighted by molar-refractivity contribution is 14.1. The van der Waals surface area contributed by atoms with E-state index in [0.29, 0.717) is 22.4 Å². The average molecular weight is 510 g/mol. The minimum absolute atomic E-state index is 0.0664. The van der Waals surface area contributed by atoms with Crippen LogP contribution in [0, 0.1) is 3.57 Å². The maximum Gasteiger partial charge on any atom is 0.337 e. The lowest BCUT2D eigenvalue weighted by Gasteiger charge is -2.20. The highest BCUT2D eigenvalue weighted by atomic mass is 127. The second kappa shape index (κ2) is 10.8. The van der Waals surface area contributed by atoms with Crippen molar-refractivity contribution >= 4 is 46.1 Å². The van der Waals surface area contributed by atoms with Gasteiger partial charge in [0.1, 0.15) is 0 Å². The monoisotopic (exact) mass is 510 g/mol. The fourth-order valence-corrected chi connectivity index (χ4v) is 3.29. The summed E-state index contributed by atoms with van der Waals surface area (Å²) in [5.41, 5.74) is 2.06. The predicted octanol–water partition coefficient (Wildman–Crippen LogP) is 3.54. The van der Waals surface area contributed by atoms with Crippen molar-refractivity contribution in [2.24, 2.45) is 0 Å². The van der Waals surface area contributed by atoms with Crippen molar-refractivity contribution < 1.29 is 23.9 Å². The number of anilines is 1. The summed E-state index contributed by atoms with van der Waals surface area (Å²) in [5.74, 6) is -1.29. The number of carbonyl (C=O) groups excluding carboxylic acids is 3. The van der Waals surface area contributed by atoms with Gasteiger partial charge in [0, 0.05) is 16.3 Å². The number of rotatable bonds is 8. The molecule has 2 aromatic carbocycles. The summed E-state index contributed by atoms with van der Waals surface area (Å²) in [5, 5.41) is 5.88. The van der Waals surface area contributed by atoms with Crippen molar-refractivity contribution in [2.45, 2.75) is 19.4 Å². The minimum Gasteiger partial charge on any atom is -0.466 e. The molecule has 2 aromatic rings. The topological polar surface area (TPSA) is 93.7 Å². The van der Waals surface area contributed by atoms with Gasteiger partial charge < -0.3 is 20.1 Å². The number of nitrogens with one attached hydrogen (secondary N) is 2. The van der Waals surface area contributed by atoms with Gasteiger partial charge in [0.25, 0.3) is 5.91 Å². The van der Waals surface area contributed by atoms with Crippen molar-refractivity contribution in [3.63, 3.8) is 0 Å². The number of amides is 1. The van der Waals surface area contributed by atoms with Crippen LogP contribution in [0.15, 0.2) is 42.5 Å². The standard InChI is InChI=1S/C21H23IN2O5/c1-4-29-19(25)12-18(13-6-5-7-14(10-13)21(27)28-3)24-20(26)16-11-15(22)8-9-17(16)23-2/h5-11,18,23H,4,12H2,1-3H3,(H,24,26). The number of esters is 2. The van der Waals surface area contributed by atoms with E-state index in [0.717, 1.165) is 3.57 Å². The molecule has 0 saturated carbocycles. The number of halogens is 1. The molecule has 0 spiro atoms. The molecule has 1 atom stereocenters. The Morgan fingerprint density at radius 3 is 2.55 bits per heavy atom. The highest BCUT2D eigenvalue weighted by Crippen LogP contribution is 2.23. The van der Waals surface area contributed by atoms with E-state index in [9.17, 15) is 14.4 Å². The number of benzene rings is 2. The predicted molar refractivity (Wildman–Crippen MR) is 118 cm³/mol. The highest BCUT2D eigenvalue weighted by Gasteiger charge is 2.22. The lowest BCUT2D eigenvalue weighted by molar-refractivity contribution is -0.143. The third-order valence-electron chi connectivity index (χ3n) is 4.19. The van der Waals surface area contributed by atoms with Crippen LogP contribution in [0.25, 0.3) is 0 Å². The van der Waals surface area contributed by atoms with Crippen molar-refractivity contribution in [2.75, 3.05) is 26.1 Å². The first-order valence-corrected chi connectivity index (χ1v) is 10.1. The molecule has 2 N–H and O–H groups in total. The number of ether oxygens (including phenoxy) is 2. The molecule has 29 heavy (non-hydrogen) atoms. The Kier molecular flexibility index (Phi) is 8.44. The molecule has 0 aliphatic heterocycles. The molecule has 0 saturated heterocycles. The largest absolute Gasteiger partial charge is 0.466 e. The molecule has 0 heterocycles. The third-order valence-corrected chi connectivity index (χ3v) is 4.86. The van der Waals surface area contributed by atoms with Gasteiger partial charge in [-0.1, -0.05) is 12.1 Å². The summed E-state index contributed by atoms with van der Waals surface area (Å²) in [6, 6.07) is 11.4. The Balaban J connectivity index is 2.36. The molecule has 2 rings (SSSR count). The van der Waals surface area contributed by atoms with Gasteiger partial charge in [0.15, 0.2) is 0 Å². The molecule has 0 fully saturated rings. The molecule has 154 valence electrons. The van der Waals surface area contributed by atoms with Crippen LogP contribution in [0.2, 0.25) is 0 Å². The molecular weight excluding hydrogens is 487 g/mol. The molecule has 1 unspecified atom stereocenters. The van der Waals surface area contributed by atoms with Gasteiger partial charge in [0.05, 0.1) is 37.3 Å². The number of hydrogen-bond donors (Lipinski definition) is 2. The Morgan fingerprint density at radius 2 is 1.90 bits per heavy atom. The van der Waals surface area contributed by atoms with Gasteiger partial charge >= 0.3 is 11.9 Å². The van der Waals surface area contributed by atoms with E-state index in [2.05, 4.69) is 33.2 Å². The third kappa shape index (κ3) is 6.18. The van der Waals surface area contributed by atoms with Crippen LogP contribution >= 0.6 is 22.6 Å². The lowest BCUT2D eigenvalue weighted by Crippen LogP contribution is -2.31. The molecular formula is C21H23IN2O5. The second-order valence-corrected chi connectivity index (χ2v) is 7.34. The van der Waals surface area contributed by atoms with Crippen LogP contribution in [0.1, 0.15) is 45.7 Å². The number of carbonyl (C=O) groups is 3. The van der Waals surface area contributed by atoms with Gasteiger partial charge in [0.2, 0.25) is 0 Å². The molecule has 8 heteroatoms. The van der Waals surface area contributed by atoms with Crippen LogP contribution in [-0.4, -0.2) is 38.6 Å². The van der Waals surface area contributed by atoms with E-state index in [1.165, 1.54) is 7.11 Å². The molecule has 1 amide bonds. The van der Waals surface area contributed by atoms with Crippen molar-refractivity contribution in [3.8, 4) is 0 Å². The van der Waals surface area contributed by atoms with Crippen molar-refractivity contribution in [1.29, 1.82) is 0 Å². The van der Waals surface area contributed by atoms with Gasteiger partial charge in [-0.3, -0.25) is 9.59 Å². The summed E-state index contributed by atoms with van der Waals surface area (Å²) < 4.78 is 10.7. The Labute approximate surface area is 183 Å². The van der Waals surface area contributed by atoms with E-state index in [1.807, 2.05) is 12.1 Å². The van der Waals surface area contributed by atoms with E-state index >= 15 is 0 Å². The first kappa shape index (κ1) is 22.7. The van der Waals surface area contributed by atoms with E-state index < -0.39 is 18.0 Å². The average Bonchev–Trinajstić information content (AvgIpc) is 2.72. The molecule has 7 nitrogen and oxygen atoms in total. The van der Waals surface area contributed by atoms with E-state index in [4.69, 9.17) is 9.47 Å². The van der Waals surface area contributed by atoms with Gasteiger partial charge in [-0.15, -0.1) is 0 Å². The van der Waals surface area contributed by atoms with Crippen LogP contribution < -0.4 is 10.6 Å². The minimum atomic E-state index is -0.672. The quantitative estimate of drug-likeness (QED) is 0.417. The van der Waals surface area contributed by atoms with Crippen LogP contribution in [-0.2, 0) is 14.3 Å². The Hall–Kier alpha value is -2.62.